The van der Waals surface area contributed by atoms with Crippen molar-refractivity contribution in [3.63, 3.8) is 0 Å². The van der Waals surface area contributed by atoms with E-state index in [4.69, 9.17) is 20.9 Å². The van der Waals surface area contributed by atoms with Crippen LogP contribution in [0.2, 0.25) is 5.02 Å². The molecule has 1 aliphatic rings. The lowest BCUT2D eigenvalue weighted by molar-refractivity contribution is -0.146. The first-order valence-electron chi connectivity index (χ1n) is 9.33. The van der Waals surface area contributed by atoms with Gasteiger partial charge in [-0.25, -0.2) is 0 Å². The van der Waals surface area contributed by atoms with E-state index in [-0.39, 0.29) is 17.6 Å². The number of rotatable bonds is 6. The maximum absolute atomic E-state index is 12.5. The molecule has 1 amide bonds. The SMILES string of the molecule is CCOC(=O)C1(c2ccc(NC(=O)c3cc(-c4ccc(Cl)cc4)on3)cc2)CC1. The smallest absolute Gasteiger partial charge is 0.316 e. The van der Waals surface area contributed by atoms with Crippen molar-refractivity contribution in [1.29, 1.82) is 0 Å². The minimum atomic E-state index is -0.530. The second kappa shape index (κ2) is 7.72. The van der Waals surface area contributed by atoms with E-state index in [9.17, 15) is 9.59 Å². The lowest BCUT2D eigenvalue weighted by Gasteiger charge is -2.14. The molecule has 4 rings (SSSR count). The third-order valence-corrected chi connectivity index (χ3v) is 5.24. The molecule has 0 unspecified atom stereocenters. The zero-order chi connectivity index (χ0) is 20.4. The van der Waals surface area contributed by atoms with Crippen LogP contribution in [0.5, 0.6) is 0 Å². The van der Waals surface area contributed by atoms with Gasteiger partial charge in [0.05, 0.1) is 12.0 Å². The van der Waals surface area contributed by atoms with Crippen LogP contribution >= 0.6 is 11.6 Å². The maximum atomic E-state index is 12.5. The first-order valence-corrected chi connectivity index (χ1v) is 9.71. The molecule has 1 N–H and O–H groups in total. The summed E-state index contributed by atoms with van der Waals surface area (Å²) >= 11 is 5.89. The molecular formula is C22H19ClN2O4. The highest BCUT2D eigenvalue weighted by molar-refractivity contribution is 6.30. The second-order valence-corrected chi connectivity index (χ2v) is 7.35. The first-order chi connectivity index (χ1) is 14.0. The minimum absolute atomic E-state index is 0.171. The summed E-state index contributed by atoms with van der Waals surface area (Å²) in [5, 5.41) is 7.24. The van der Waals surface area contributed by atoms with E-state index >= 15 is 0 Å². The van der Waals surface area contributed by atoms with E-state index < -0.39 is 5.41 Å². The number of carbonyl (C=O) groups is 2. The molecule has 1 saturated carbocycles. The Labute approximate surface area is 172 Å². The number of aromatic nitrogens is 1. The van der Waals surface area contributed by atoms with Gasteiger partial charge >= 0.3 is 5.97 Å². The number of nitrogens with zero attached hydrogens (tertiary/aromatic N) is 1. The van der Waals surface area contributed by atoms with E-state index in [1.165, 1.54) is 0 Å². The molecule has 0 saturated heterocycles. The van der Waals surface area contributed by atoms with Gasteiger partial charge in [-0.3, -0.25) is 9.59 Å². The van der Waals surface area contributed by atoms with Crippen molar-refractivity contribution in [2.24, 2.45) is 0 Å². The van der Waals surface area contributed by atoms with Crippen LogP contribution in [0.25, 0.3) is 11.3 Å². The van der Waals surface area contributed by atoms with Crippen LogP contribution < -0.4 is 5.32 Å². The Morgan fingerprint density at radius 2 is 1.83 bits per heavy atom. The zero-order valence-electron chi connectivity index (χ0n) is 15.8. The fourth-order valence-corrected chi connectivity index (χ4v) is 3.33. The predicted octanol–water partition coefficient (Wildman–Crippen LogP) is 4.84. The third kappa shape index (κ3) is 3.89. The van der Waals surface area contributed by atoms with Crippen molar-refractivity contribution in [3.05, 3.63) is 70.9 Å². The Kier molecular flexibility index (Phi) is 5.11. The van der Waals surface area contributed by atoms with Gasteiger partial charge < -0.3 is 14.6 Å². The standard InChI is InChI=1S/C22H19ClN2O4/c1-2-28-21(27)22(11-12-22)15-5-9-17(10-6-15)24-20(26)18-13-19(29-25-18)14-3-7-16(23)8-4-14/h3-10,13H,2,11-12H2,1H3,(H,24,26). The quantitative estimate of drug-likeness (QED) is 0.588. The Hall–Kier alpha value is -3.12. The van der Waals surface area contributed by atoms with Gasteiger partial charge in [0.1, 0.15) is 0 Å². The van der Waals surface area contributed by atoms with E-state index in [0.717, 1.165) is 24.0 Å². The van der Waals surface area contributed by atoms with E-state index in [2.05, 4.69) is 10.5 Å². The Morgan fingerprint density at radius 1 is 1.14 bits per heavy atom. The molecule has 2 aromatic carbocycles. The van der Waals surface area contributed by atoms with Gasteiger partial charge in [0.25, 0.3) is 5.91 Å². The van der Waals surface area contributed by atoms with Crippen molar-refractivity contribution >= 4 is 29.2 Å². The summed E-state index contributed by atoms with van der Waals surface area (Å²) in [4.78, 5) is 24.7. The fourth-order valence-electron chi connectivity index (χ4n) is 3.21. The van der Waals surface area contributed by atoms with Crippen molar-refractivity contribution < 1.29 is 18.8 Å². The molecule has 1 fully saturated rings. The average Bonchev–Trinajstić information content (AvgIpc) is 3.39. The highest BCUT2D eigenvalue weighted by atomic mass is 35.5. The van der Waals surface area contributed by atoms with Gasteiger partial charge in [0, 0.05) is 22.3 Å². The molecule has 1 aliphatic carbocycles. The first kappa shape index (κ1) is 19.2. The van der Waals surface area contributed by atoms with E-state index in [1.54, 1.807) is 49.4 Å². The van der Waals surface area contributed by atoms with Crippen molar-refractivity contribution in [2.75, 3.05) is 11.9 Å². The number of benzene rings is 2. The summed E-state index contributed by atoms with van der Waals surface area (Å²) in [6.07, 6.45) is 1.56. The summed E-state index contributed by atoms with van der Waals surface area (Å²) in [5.74, 6) is -0.0883. The molecule has 0 radical (unpaired) electrons. The van der Waals surface area contributed by atoms with Crippen LogP contribution in [-0.2, 0) is 14.9 Å². The molecule has 3 aromatic rings. The molecule has 1 heterocycles. The van der Waals surface area contributed by atoms with Crippen molar-refractivity contribution in [2.45, 2.75) is 25.2 Å². The molecular weight excluding hydrogens is 392 g/mol. The topological polar surface area (TPSA) is 81.4 Å². The molecule has 0 bridgehead atoms. The lowest BCUT2D eigenvalue weighted by atomic mass is 9.96. The van der Waals surface area contributed by atoms with E-state index in [0.29, 0.717) is 23.1 Å². The van der Waals surface area contributed by atoms with Gasteiger partial charge in [-0.1, -0.05) is 28.9 Å². The molecule has 29 heavy (non-hydrogen) atoms. The lowest BCUT2D eigenvalue weighted by Crippen LogP contribution is -2.23. The van der Waals surface area contributed by atoms with Crippen LogP contribution in [0, 0.1) is 0 Å². The van der Waals surface area contributed by atoms with Crippen molar-refractivity contribution in [1.82, 2.24) is 5.16 Å². The largest absolute Gasteiger partial charge is 0.465 e. The van der Waals surface area contributed by atoms with Crippen molar-refractivity contribution in [3.8, 4) is 11.3 Å². The summed E-state index contributed by atoms with van der Waals surface area (Å²) in [7, 11) is 0. The van der Waals surface area contributed by atoms with E-state index in [1.807, 2.05) is 12.1 Å². The number of hydrogen-bond acceptors (Lipinski definition) is 5. The highest BCUT2D eigenvalue weighted by Crippen LogP contribution is 2.49. The summed E-state index contributed by atoms with van der Waals surface area (Å²) in [6.45, 7) is 2.17. The third-order valence-electron chi connectivity index (χ3n) is 4.98. The predicted molar refractivity (Wildman–Crippen MR) is 109 cm³/mol. The van der Waals surface area contributed by atoms with Gasteiger partial charge in [-0.15, -0.1) is 0 Å². The molecule has 0 atom stereocenters. The number of hydrogen-bond donors (Lipinski definition) is 1. The number of amides is 1. The van der Waals surface area contributed by atoms with Crippen LogP contribution in [-0.4, -0.2) is 23.6 Å². The van der Waals surface area contributed by atoms with Crippen LogP contribution in [0.15, 0.2) is 59.1 Å². The van der Waals surface area contributed by atoms with Gasteiger partial charge in [0.15, 0.2) is 11.5 Å². The number of carbonyl (C=O) groups excluding carboxylic acids is 2. The Balaban J connectivity index is 1.44. The monoisotopic (exact) mass is 410 g/mol. The van der Waals surface area contributed by atoms with Crippen LogP contribution in [0.3, 0.4) is 0 Å². The van der Waals surface area contributed by atoms with Gasteiger partial charge in [-0.05, 0) is 61.7 Å². The maximum Gasteiger partial charge on any atom is 0.316 e. The average molecular weight is 411 g/mol. The molecule has 7 heteroatoms. The highest BCUT2D eigenvalue weighted by Gasteiger charge is 2.52. The molecule has 1 aromatic heterocycles. The number of halogens is 1. The molecule has 6 nitrogen and oxygen atoms in total. The van der Waals surface area contributed by atoms with Crippen LogP contribution in [0.4, 0.5) is 5.69 Å². The minimum Gasteiger partial charge on any atom is -0.465 e. The van der Waals surface area contributed by atoms with Crippen LogP contribution in [0.1, 0.15) is 35.8 Å². The summed E-state index contributed by atoms with van der Waals surface area (Å²) in [6, 6.07) is 15.9. The Bertz CT molecular complexity index is 1040. The second-order valence-electron chi connectivity index (χ2n) is 6.92. The summed E-state index contributed by atoms with van der Waals surface area (Å²) in [5.41, 5.74) is 1.93. The Morgan fingerprint density at radius 3 is 2.45 bits per heavy atom. The number of ether oxygens (including phenoxy) is 1. The number of anilines is 1. The van der Waals surface area contributed by atoms with Gasteiger partial charge in [0.2, 0.25) is 0 Å². The fraction of sp³-hybridized carbons (Fsp3) is 0.227. The zero-order valence-corrected chi connectivity index (χ0v) is 16.5. The molecule has 0 spiro atoms. The number of nitrogens with one attached hydrogen (secondary N) is 1. The summed E-state index contributed by atoms with van der Waals surface area (Å²) < 4.78 is 10.5. The van der Waals surface area contributed by atoms with Gasteiger partial charge in [-0.2, -0.15) is 0 Å². The number of esters is 1. The molecule has 0 aliphatic heterocycles. The molecule has 148 valence electrons. The normalized spacial score (nSPS) is 14.3.